The lowest BCUT2D eigenvalue weighted by molar-refractivity contribution is 1.01. The van der Waals surface area contributed by atoms with Crippen LogP contribution in [0.1, 0.15) is 0 Å². The molecule has 5 nitrogen and oxygen atoms in total. The molecule has 0 bridgehead atoms. The molecule has 10 rings (SSSR count). The van der Waals surface area contributed by atoms with Crippen LogP contribution >= 0.6 is 0 Å². The Labute approximate surface area is 226 Å². The lowest BCUT2D eigenvalue weighted by Gasteiger charge is -2.08. The van der Waals surface area contributed by atoms with Gasteiger partial charge in [-0.2, -0.15) is 0 Å². The highest BCUT2D eigenvalue weighted by molar-refractivity contribution is 6.36. The van der Waals surface area contributed by atoms with Crippen LogP contribution in [0.15, 0.2) is 116 Å². The van der Waals surface area contributed by atoms with E-state index in [0.29, 0.717) is 5.95 Å². The average Bonchev–Trinajstić information content (AvgIpc) is 3.65. The van der Waals surface area contributed by atoms with Gasteiger partial charge in [0.2, 0.25) is 5.95 Å². The first-order chi connectivity index (χ1) is 19.9. The number of fused-ring (bicyclic) bond motifs is 13. The normalized spacial score (nSPS) is 12.5. The third-order valence-corrected chi connectivity index (χ3v) is 8.52. The summed E-state index contributed by atoms with van der Waals surface area (Å²) in [6.07, 6.45) is 3.61. The molecule has 5 heterocycles. The summed E-state index contributed by atoms with van der Waals surface area (Å²) in [6, 6.07) is 36.9. The van der Waals surface area contributed by atoms with E-state index in [4.69, 9.17) is 9.97 Å². The summed E-state index contributed by atoms with van der Waals surface area (Å²) in [6.45, 7) is 0. The van der Waals surface area contributed by atoms with Crippen molar-refractivity contribution in [2.45, 2.75) is 0 Å². The van der Waals surface area contributed by atoms with Crippen molar-refractivity contribution < 1.29 is 0 Å². The predicted octanol–water partition coefficient (Wildman–Crippen LogP) is 8.43. The summed E-state index contributed by atoms with van der Waals surface area (Å²) in [4.78, 5) is 14.3. The fourth-order valence-corrected chi connectivity index (χ4v) is 6.93. The zero-order chi connectivity index (χ0) is 25.9. The van der Waals surface area contributed by atoms with Crippen LogP contribution in [0.3, 0.4) is 0 Å². The Kier molecular flexibility index (Phi) is 3.62. The Morgan fingerprint density at radius 1 is 0.500 bits per heavy atom. The topological polar surface area (TPSA) is 48.0 Å². The molecule has 0 amide bonds. The number of hydrogen-bond donors (Lipinski definition) is 0. The second-order valence-corrected chi connectivity index (χ2v) is 10.5. The van der Waals surface area contributed by atoms with Gasteiger partial charge in [0.05, 0.1) is 39.3 Å². The van der Waals surface area contributed by atoms with Gasteiger partial charge in [0, 0.05) is 43.9 Å². The van der Waals surface area contributed by atoms with Crippen LogP contribution in [0, 0.1) is 0 Å². The van der Waals surface area contributed by atoms with E-state index in [1.54, 1.807) is 6.20 Å². The third-order valence-electron chi connectivity index (χ3n) is 8.52. The van der Waals surface area contributed by atoms with E-state index in [0.717, 1.165) is 22.1 Å². The smallest absolute Gasteiger partial charge is 0.235 e. The van der Waals surface area contributed by atoms with Crippen LogP contribution in [0.2, 0.25) is 0 Å². The zero-order valence-electron chi connectivity index (χ0n) is 21.2. The largest absolute Gasteiger partial charge is 0.307 e. The van der Waals surface area contributed by atoms with E-state index in [9.17, 15) is 0 Å². The number of aromatic nitrogens is 5. The fraction of sp³-hybridized carbons (Fsp3) is 0. The van der Waals surface area contributed by atoms with E-state index in [1.165, 1.54) is 59.6 Å². The maximum Gasteiger partial charge on any atom is 0.235 e. The van der Waals surface area contributed by atoms with Gasteiger partial charge in [0.15, 0.2) is 0 Å². The quantitative estimate of drug-likeness (QED) is 0.223. The van der Waals surface area contributed by atoms with Crippen LogP contribution in [0.4, 0.5) is 0 Å². The maximum absolute atomic E-state index is 5.02. The van der Waals surface area contributed by atoms with E-state index in [2.05, 4.69) is 105 Å². The van der Waals surface area contributed by atoms with Crippen LogP contribution in [-0.4, -0.2) is 23.9 Å². The van der Waals surface area contributed by atoms with Gasteiger partial charge in [0.25, 0.3) is 0 Å². The molecule has 184 valence electrons. The first kappa shape index (κ1) is 20.4. The van der Waals surface area contributed by atoms with Crippen molar-refractivity contribution in [3.63, 3.8) is 0 Å². The van der Waals surface area contributed by atoms with Crippen molar-refractivity contribution in [3.05, 3.63) is 116 Å². The molecule has 5 aromatic heterocycles. The van der Waals surface area contributed by atoms with Gasteiger partial charge in [-0.25, -0.2) is 9.97 Å². The van der Waals surface area contributed by atoms with E-state index < -0.39 is 0 Å². The molecule has 0 unspecified atom stereocenters. The van der Waals surface area contributed by atoms with Gasteiger partial charge in [0.1, 0.15) is 5.52 Å². The Hall–Kier alpha value is -5.55. The predicted molar refractivity (Wildman–Crippen MR) is 164 cm³/mol. The highest BCUT2D eigenvalue weighted by Gasteiger charge is 2.25. The summed E-state index contributed by atoms with van der Waals surface area (Å²) in [7, 11) is 0. The number of nitrogens with zero attached hydrogens (tertiary/aromatic N) is 5. The molecule has 0 aliphatic carbocycles. The highest BCUT2D eigenvalue weighted by atomic mass is 15.2. The van der Waals surface area contributed by atoms with Gasteiger partial charge in [-0.15, -0.1) is 0 Å². The molecule has 10 aromatic rings. The standard InChI is InChI=1S/C35H19N5/c1-2-9-21-20(8-1)15-16-24-31-33-25(22-10-3-5-13-29(22)39(33)32(21)24)18-26-23-11-4-6-14-30(23)40(34(26)31)35-37-19-28-27(38-35)12-7-17-36-28/h1-19H. The number of hydrogen-bond acceptors (Lipinski definition) is 3. The van der Waals surface area contributed by atoms with Crippen molar-refractivity contribution in [1.82, 2.24) is 23.9 Å². The molecule has 0 spiro atoms. The Morgan fingerprint density at radius 3 is 2.15 bits per heavy atom. The van der Waals surface area contributed by atoms with Crippen molar-refractivity contribution in [1.29, 1.82) is 0 Å². The molecular formula is C35H19N5. The van der Waals surface area contributed by atoms with Gasteiger partial charge < -0.3 is 4.40 Å². The zero-order valence-corrected chi connectivity index (χ0v) is 21.2. The average molecular weight is 510 g/mol. The van der Waals surface area contributed by atoms with Gasteiger partial charge >= 0.3 is 0 Å². The second-order valence-electron chi connectivity index (χ2n) is 10.5. The monoisotopic (exact) mass is 509 g/mol. The molecule has 0 saturated heterocycles. The van der Waals surface area contributed by atoms with Crippen molar-refractivity contribution in [3.8, 4) is 5.95 Å². The Morgan fingerprint density at radius 2 is 1.25 bits per heavy atom. The molecule has 0 aliphatic rings. The first-order valence-electron chi connectivity index (χ1n) is 13.5. The Bertz CT molecular complexity index is 2660. The second kappa shape index (κ2) is 7.10. The van der Waals surface area contributed by atoms with Crippen LogP contribution in [0.5, 0.6) is 0 Å². The van der Waals surface area contributed by atoms with Gasteiger partial charge in [-0.1, -0.05) is 72.8 Å². The molecule has 5 aromatic carbocycles. The summed E-state index contributed by atoms with van der Waals surface area (Å²) in [5, 5.41) is 9.89. The van der Waals surface area contributed by atoms with Gasteiger partial charge in [-0.3, -0.25) is 9.55 Å². The third kappa shape index (κ3) is 2.37. The molecule has 0 N–H and O–H groups in total. The SMILES string of the molecule is c1ccc2c(c1)ccc1c3c4c(cc5c6ccccc6n(c21)c53)c1ccccc1n4-c1ncc2ncccc2n1. The summed E-state index contributed by atoms with van der Waals surface area (Å²) in [5.74, 6) is 0.652. The van der Waals surface area contributed by atoms with Crippen LogP contribution < -0.4 is 0 Å². The minimum absolute atomic E-state index is 0.652. The number of benzene rings is 5. The fourth-order valence-electron chi connectivity index (χ4n) is 6.93. The number of para-hydroxylation sites is 2. The van der Waals surface area contributed by atoms with E-state index in [1.807, 2.05) is 18.3 Å². The Balaban J connectivity index is 1.54. The molecular weight excluding hydrogens is 490 g/mol. The molecule has 0 radical (unpaired) electrons. The lowest BCUT2D eigenvalue weighted by atomic mass is 10.0. The number of rotatable bonds is 1. The van der Waals surface area contributed by atoms with E-state index in [-0.39, 0.29) is 0 Å². The van der Waals surface area contributed by atoms with Crippen molar-refractivity contribution in [2.24, 2.45) is 0 Å². The molecule has 0 saturated carbocycles. The van der Waals surface area contributed by atoms with Crippen LogP contribution in [0.25, 0.3) is 87.7 Å². The lowest BCUT2D eigenvalue weighted by Crippen LogP contribution is -2.01. The molecule has 0 fully saturated rings. The molecule has 0 aliphatic heterocycles. The summed E-state index contributed by atoms with van der Waals surface area (Å²) >= 11 is 0. The first-order valence-corrected chi connectivity index (χ1v) is 13.5. The minimum Gasteiger partial charge on any atom is -0.307 e. The minimum atomic E-state index is 0.652. The summed E-state index contributed by atoms with van der Waals surface area (Å²) < 4.78 is 4.72. The summed E-state index contributed by atoms with van der Waals surface area (Å²) in [5.41, 5.74) is 7.56. The van der Waals surface area contributed by atoms with Gasteiger partial charge in [-0.05, 0) is 35.7 Å². The molecule has 40 heavy (non-hydrogen) atoms. The molecule has 0 atom stereocenters. The van der Waals surface area contributed by atoms with E-state index >= 15 is 0 Å². The highest BCUT2D eigenvalue weighted by Crippen LogP contribution is 2.47. The molecule has 5 heteroatoms. The number of pyridine rings is 1. The maximum atomic E-state index is 5.02. The van der Waals surface area contributed by atoms with Crippen molar-refractivity contribution in [2.75, 3.05) is 0 Å². The van der Waals surface area contributed by atoms with Crippen molar-refractivity contribution >= 4 is 81.7 Å². The van der Waals surface area contributed by atoms with Crippen LogP contribution in [-0.2, 0) is 0 Å².